The van der Waals surface area contributed by atoms with Crippen LogP contribution in [-0.4, -0.2) is 44.8 Å². The Bertz CT molecular complexity index is 1020. The van der Waals surface area contributed by atoms with Crippen LogP contribution in [0.4, 0.5) is 0 Å². The second-order valence-electron chi connectivity index (χ2n) is 14.3. The van der Waals surface area contributed by atoms with Crippen LogP contribution in [0, 0.1) is 0 Å². The molecule has 0 aliphatic carbocycles. The molecule has 0 N–H and O–H groups in total. The van der Waals surface area contributed by atoms with Gasteiger partial charge in [-0.25, -0.2) is 0 Å². The van der Waals surface area contributed by atoms with E-state index in [1.807, 2.05) is 5.79 Å². The summed E-state index contributed by atoms with van der Waals surface area (Å²) in [5, 5.41) is 3.43. The van der Waals surface area contributed by atoms with E-state index in [-0.39, 0.29) is 0 Å². The third kappa shape index (κ3) is 9.63. The third-order valence-corrected chi connectivity index (χ3v) is 53.3. The standard InChI is InChI=1S/C14H12S2Si.6C4H9.2Sn/c1-17(2)13(11-5-3-9-15-11)7-8-14(17)12-6-4-10-16-12;6*1-3-4-2;;/h3-8H,1-2H3;6*1,3-4H2,2H3;;. The van der Waals surface area contributed by atoms with Crippen LogP contribution in [0.1, 0.15) is 128 Å². The number of hydrogen-bond donors (Lipinski definition) is 0. The van der Waals surface area contributed by atoms with Crippen molar-refractivity contribution >= 4 is 83.7 Å². The van der Waals surface area contributed by atoms with Crippen LogP contribution in [0.5, 0.6) is 0 Å². The Morgan fingerprint density at radius 1 is 0.465 bits per heavy atom. The van der Waals surface area contributed by atoms with E-state index in [9.17, 15) is 0 Å². The van der Waals surface area contributed by atoms with Crippen molar-refractivity contribution in [3.63, 3.8) is 0 Å². The molecule has 3 heterocycles. The van der Waals surface area contributed by atoms with Gasteiger partial charge in [0.2, 0.25) is 0 Å². The van der Waals surface area contributed by atoms with Gasteiger partial charge in [0.1, 0.15) is 0 Å². The Labute approximate surface area is 285 Å². The molecular formula is C38H66S2SiSn2. The van der Waals surface area contributed by atoms with Gasteiger partial charge in [-0.15, -0.1) is 0 Å². The summed E-state index contributed by atoms with van der Waals surface area (Å²) >= 11 is -0.237. The van der Waals surface area contributed by atoms with Gasteiger partial charge in [-0.2, -0.15) is 0 Å². The van der Waals surface area contributed by atoms with E-state index in [2.05, 4.69) is 114 Å². The summed E-state index contributed by atoms with van der Waals surface area (Å²) in [6.07, 6.45) is 22.0. The molecule has 0 fully saturated rings. The molecule has 0 radical (unpaired) electrons. The predicted molar refractivity (Wildman–Crippen MR) is 211 cm³/mol. The fourth-order valence-electron chi connectivity index (χ4n) is 7.62. The van der Waals surface area contributed by atoms with Gasteiger partial charge in [-0.05, 0) is 0 Å². The minimum absolute atomic E-state index is 1.36. The third-order valence-electron chi connectivity index (χ3n) is 10.6. The van der Waals surface area contributed by atoms with E-state index >= 15 is 0 Å². The predicted octanol–water partition coefficient (Wildman–Crippen LogP) is 13.2. The normalized spacial score (nSPS) is 15.3. The summed E-state index contributed by atoms with van der Waals surface area (Å²) in [5.74, 6) is 0. The van der Waals surface area contributed by atoms with Crippen molar-refractivity contribution in [2.45, 2.75) is 158 Å². The molecule has 43 heavy (non-hydrogen) atoms. The second-order valence-corrected chi connectivity index (χ2v) is 49.1. The molecule has 1 aliphatic rings. The quantitative estimate of drug-likeness (QED) is 0.104. The molecule has 1 aliphatic heterocycles. The minimum atomic E-state index is -2.38. The maximum atomic E-state index is 2.65. The first-order chi connectivity index (χ1) is 20.8. The summed E-state index contributed by atoms with van der Waals surface area (Å²) in [7, 11) is -1.73. The number of thiophene rings is 2. The molecule has 0 nitrogen and oxygen atoms in total. The molecule has 0 saturated heterocycles. The van der Waals surface area contributed by atoms with Crippen molar-refractivity contribution in [1.82, 2.24) is 0 Å². The molecule has 0 spiro atoms. The summed E-state index contributed by atoms with van der Waals surface area (Å²) in [6.45, 7) is 19.7. The Hall–Kier alpha value is 0.694. The van der Waals surface area contributed by atoms with Crippen LogP contribution >= 0.6 is 22.7 Å². The average molecular weight is 853 g/mol. The zero-order valence-corrected chi connectivity index (χ0v) is 37.8. The van der Waals surface area contributed by atoms with E-state index in [0.717, 1.165) is 0 Å². The van der Waals surface area contributed by atoms with Crippen molar-refractivity contribution < 1.29 is 0 Å². The first-order valence-electron chi connectivity index (χ1n) is 18.4. The number of rotatable bonds is 22. The molecule has 2 aromatic heterocycles. The Morgan fingerprint density at radius 3 is 1.00 bits per heavy atom. The number of unbranched alkanes of at least 4 members (excludes halogenated alkanes) is 6. The van der Waals surface area contributed by atoms with Gasteiger partial charge in [0.25, 0.3) is 0 Å². The van der Waals surface area contributed by atoms with Crippen LogP contribution < -0.4 is 5.79 Å². The summed E-state index contributed by atoms with van der Waals surface area (Å²) in [5.41, 5.74) is 0. The van der Waals surface area contributed by atoms with E-state index in [4.69, 9.17) is 0 Å². The van der Waals surface area contributed by atoms with Crippen LogP contribution in [0.2, 0.25) is 39.7 Å². The zero-order chi connectivity index (χ0) is 31.3. The molecule has 5 heteroatoms. The molecule has 0 bridgehead atoms. The zero-order valence-electron chi connectivity index (χ0n) is 29.5. The van der Waals surface area contributed by atoms with Crippen LogP contribution in [-0.2, 0) is 0 Å². The van der Waals surface area contributed by atoms with Gasteiger partial charge >= 0.3 is 288 Å². The Balaban J connectivity index is 1.91. The molecule has 3 rings (SSSR count). The molecule has 242 valence electrons. The van der Waals surface area contributed by atoms with E-state index in [1.54, 1.807) is 46.8 Å². The van der Waals surface area contributed by atoms with Gasteiger partial charge in [0.05, 0.1) is 0 Å². The van der Waals surface area contributed by atoms with E-state index in [0.29, 0.717) is 0 Å². The van der Waals surface area contributed by atoms with Crippen molar-refractivity contribution in [1.29, 1.82) is 0 Å². The molecule has 0 amide bonds. The van der Waals surface area contributed by atoms with Crippen molar-refractivity contribution in [3.8, 4) is 0 Å². The Morgan fingerprint density at radius 2 is 0.744 bits per heavy atom. The van der Waals surface area contributed by atoms with Crippen LogP contribution in [0.15, 0.2) is 36.4 Å². The average Bonchev–Trinajstić information content (AvgIpc) is 3.76. The van der Waals surface area contributed by atoms with E-state index < -0.39 is 44.8 Å². The van der Waals surface area contributed by atoms with Gasteiger partial charge in [-0.3, -0.25) is 0 Å². The number of hydrogen-bond acceptors (Lipinski definition) is 2. The monoisotopic (exact) mass is 854 g/mol. The first kappa shape index (κ1) is 38.1. The van der Waals surface area contributed by atoms with Gasteiger partial charge in [0, 0.05) is 0 Å². The maximum absolute atomic E-state index is 2.65. The summed E-state index contributed by atoms with van der Waals surface area (Å²) in [4.78, 5) is 3.25. The SMILES string of the molecule is CCC[CH2][Sn]([CH2]CCC)([CH2]CCC)[c]1ccc(C2=CC=C(c3cc[c]([Sn]([CH2]CCC)([CH2]CCC)[CH2]CCC)s3)[Si]2(C)C)s1. The molecule has 0 unspecified atom stereocenters. The van der Waals surface area contributed by atoms with Crippen LogP contribution in [0.25, 0.3) is 10.4 Å². The molecule has 0 saturated carbocycles. The second kappa shape index (κ2) is 18.9. The fourth-order valence-corrected chi connectivity index (χ4v) is 52.3. The first-order valence-corrected chi connectivity index (χ1v) is 38.0. The molecule has 0 aromatic carbocycles. The summed E-state index contributed by atoms with van der Waals surface area (Å²) < 4.78 is 13.3. The number of allylic oxidation sites excluding steroid dienone is 2. The topological polar surface area (TPSA) is 0 Å². The van der Waals surface area contributed by atoms with Crippen molar-refractivity contribution in [2.75, 3.05) is 0 Å². The fraction of sp³-hybridized carbons (Fsp3) is 0.684. The molecule has 2 aromatic rings. The molecular weight excluding hydrogens is 786 g/mol. The van der Waals surface area contributed by atoms with Crippen molar-refractivity contribution in [3.05, 3.63) is 46.2 Å². The van der Waals surface area contributed by atoms with Crippen LogP contribution in [0.3, 0.4) is 0 Å². The van der Waals surface area contributed by atoms with Gasteiger partial charge in [0.15, 0.2) is 0 Å². The van der Waals surface area contributed by atoms with Crippen molar-refractivity contribution in [2.24, 2.45) is 0 Å². The van der Waals surface area contributed by atoms with E-state index in [1.165, 1.54) is 77.0 Å². The molecule has 0 atom stereocenters. The summed E-state index contributed by atoms with van der Waals surface area (Å²) in [6, 6.07) is 10.5. The van der Waals surface area contributed by atoms with Gasteiger partial charge < -0.3 is 0 Å². The Kier molecular flexibility index (Phi) is 16.8. The van der Waals surface area contributed by atoms with Gasteiger partial charge in [-0.1, -0.05) is 0 Å².